The summed E-state index contributed by atoms with van der Waals surface area (Å²) in [5.74, 6) is 0.706. The highest BCUT2D eigenvalue weighted by molar-refractivity contribution is 5.94. The number of rotatable bonds is 2. The van der Waals surface area contributed by atoms with Gasteiger partial charge in [-0.2, -0.15) is 5.10 Å². The molecule has 4 rings (SSSR count). The zero-order chi connectivity index (χ0) is 15.1. The molecule has 7 nitrogen and oxygen atoms in total. The second-order valence-electron chi connectivity index (χ2n) is 5.68. The van der Waals surface area contributed by atoms with Gasteiger partial charge in [0.25, 0.3) is 5.91 Å². The zero-order valence-electron chi connectivity index (χ0n) is 12.2. The number of nitrogens with zero attached hydrogens (tertiary/aromatic N) is 4. The van der Waals surface area contributed by atoms with Gasteiger partial charge in [-0.25, -0.2) is 0 Å². The van der Waals surface area contributed by atoms with E-state index in [0.717, 1.165) is 30.7 Å². The molecule has 1 amide bonds. The Morgan fingerprint density at radius 2 is 2.32 bits per heavy atom. The summed E-state index contributed by atoms with van der Waals surface area (Å²) in [6.07, 6.45) is 6.30. The minimum Gasteiger partial charge on any atom is -0.349 e. The van der Waals surface area contributed by atoms with Crippen molar-refractivity contribution in [2.75, 3.05) is 0 Å². The molecule has 1 atom stereocenters. The van der Waals surface area contributed by atoms with Crippen molar-refractivity contribution in [1.29, 1.82) is 0 Å². The molecule has 0 spiro atoms. The lowest BCUT2D eigenvalue weighted by Gasteiger charge is -2.22. The number of aromatic nitrogens is 5. The van der Waals surface area contributed by atoms with Crippen molar-refractivity contribution >= 4 is 11.6 Å². The standard InChI is InChI=1S/C15H16N6O/c1-9-18-20-14-5-2-10(8-21(9)14)15(22)17-12-3-4-13-11(6-12)7-16-19-13/h2,5,7-8,12H,3-4,6H2,1H3,(H,16,19)(H,17,22). The van der Waals surface area contributed by atoms with Gasteiger partial charge in [0.05, 0.1) is 11.8 Å². The van der Waals surface area contributed by atoms with Crippen LogP contribution < -0.4 is 5.32 Å². The molecule has 3 aromatic rings. The van der Waals surface area contributed by atoms with E-state index in [1.807, 2.05) is 23.6 Å². The van der Waals surface area contributed by atoms with Crippen molar-refractivity contribution in [2.24, 2.45) is 0 Å². The van der Waals surface area contributed by atoms with Crippen molar-refractivity contribution < 1.29 is 4.79 Å². The number of carbonyl (C=O) groups is 1. The van der Waals surface area contributed by atoms with Gasteiger partial charge in [0, 0.05) is 17.9 Å². The predicted octanol–water partition coefficient (Wildman–Crippen LogP) is 1.05. The van der Waals surface area contributed by atoms with Crippen LogP contribution in [0, 0.1) is 6.92 Å². The number of aromatic amines is 1. The molecular weight excluding hydrogens is 280 g/mol. The van der Waals surface area contributed by atoms with Crippen LogP contribution in [0.4, 0.5) is 0 Å². The highest BCUT2D eigenvalue weighted by Gasteiger charge is 2.22. The van der Waals surface area contributed by atoms with Crippen LogP contribution in [0.5, 0.6) is 0 Å². The van der Waals surface area contributed by atoms with Gasteiger partial charge in [0.1, 0.15) is 5.82 Å². The summed E-state index contributed by atoms with van der Waals surface area (Å²) >= 11 is 0. The van der Waals surface area contributed by atoms with Crippen molar-refractivity contribution in [2.45, 2.75) is 32.2 Å². The molecule has 3 aromatic heterocycles. The molecular formula is C15H16N6O. The Labute approximate surface area is 126 Å². The van der Waals surface area contributed by atoms with Gasteiger partial charge >= 0.3 is 0 Å². The first kappa shape index (κ1) is 13.0. The molecule has 0 saturated heterocycles. The van der Waals surface area contributed by atoms with E-state index in [-0.39, 0.29) is 11.9 Å². The van der Waals surface area contributed by atoms with Crippen LogP contribution in [0.1, 0.15) is 33.9 Å². The van der Waals surface area contributed by atoms with Crippen LogP contribution in [0.25, 0.3) is 5.65 Å². The Morgan fingerprint density at radius 3 is 3.23 bits per heavy atom. The van der Waals surface area contributed by atoms with E-state index in [2.05, 4.69) is 25.7 Å². The number of amides is 1. The van der Waals surface area contributed by atoms with Crippen LogP contribution in [-0.2, 0) is 12.8 Å². The molecule has 112 valence electrons. The zero-order valence-corrected chi connectivity index (χ0v) is 12.2. The summed E-state index contributed by atoms with van der Waals surface area (Å²) < 4.78 is 1.82. The number of aryl methyl sites for hydroxylation is 2. The third-order valence-electron chi connectivity index (χ3n) is 4.19. The number of hydrogen-bond donors (Lipinski definition) is 2. The predicted molar refractivity (Wildman–Crippen MR) is 79.6 cm³/mol. The van der Waals surface area contributed by atoms with Crippen molar-refractivity contribution in [3.05, 3.63) is 47.2 Å². The number of hydrogen-bond acceptors (Lipinski definition) is 4. The maximum Gasteiger partial charge on any atom is 0.253 e. The van der Waals surface area contributed by atoms with Crippen LogP contribution in [0.2, 0.25) is 0 Å². The highest BCUT2D eigenvalue weighted by atomic mass is 16.1. The first-order valence-corrected chi connectivity index (χ1v) is 7.34. The average molecular weight is 296 g/mol. The molecule has 0 radical (unpaired) electrons. The van der Waals surface area contributed by atoms with Gasteiger partial charge in [0.2, 0.25) is 0 Å². The van der Waals surface area contributed by atoms with Gasteiger partial charge in [-0.05, 0) is 43.9 Å². The summed E-state index contributed by atoms with van der Waals surface area (Å²) in [6, 6.07) is 3.74. The summed E-state index contributed by atoms with van der Waals surface area (Å²) in [7, 11) is 0. The Bertz CT molecular complexity index is 849. The largest absolute Gasteiger partial charge is 0.349 e. The van der Waals surface area contributed by atoms with Gasteiger partial charge < -0.3 is 5.32 Å². The van der Waals surface area contributed by atoms with Gasteiger partial charge in [-0.1, -0.05) is 0 Å². The van der Waals surface area contributed by atoms with Gasteiger partial charge in [-0.15, -0.1) is 10.2 Å². The summed E-state index contributed by atoms with van der Waals surface area (Å²) in [6.45, 7) is 1.86. The Balaban J connectivity index is 1.53. The minimum atomic E-state index is -0.0630. The molecule has 1 aliphatic rings. The highest BCUT2D eigenvalue weighted by Crippen LogP contribution is 2.19. The van der Waals surface area contributed by atoms with Gasteiger partial charge in [-0.3, -0.25) is 14.3 Å². The van der Waals surface area contributed by atoms with E-state index in [9.17, 15) is 4.79 Å². The lowest BCUT2D eigenvalue weighted by Crippen LogP contribution is -2.38. The topological polar surface area (TPSA) is 88.0 Å². The lowest BCUT2D eigenvalue weighted by atomic mass is 9.93. The smallest absolute Gasteiger partial charge is 0.253 e. The molecule has 1 aliphatic carbocycles. The molecule has 22 heavy (non-hydrogen) atoms. The third kappa shape index (κ3) is 2.14. The Hall–Kier alpha value is -2.70. The molecule has 0 aromatic carbocycles. The number of nitrogens with one attached hydrogen (secondary N) is 2. The second kappa shape index (κ2) is 4.94. The average Bonchev–Trinajstić information content (AvgIpc) is 3.13. The first-order valence-electron chi connectivity index (χ1n) is 7.34. The minimum absolute atomic E-state index is 0.0630. The van der Waals surface area contributed by atoms with E-state index in [1.54, 1.807) is 12.3 Å². The fraction of sp³-hybridized carbons (Fsp3) is 0.333. The molecule has 0 saturated carbocycles. The quantitative estimate of drug-likeness (QED) is 0.740. The number of pyridine rings is 1. The van der Waals surface area contributed by atoms with Crippen LogP contribution >= 0.6 is 0 Å². The van der Waals surface area contributed by atoms with Crippen LogP contribution in [0.15, 0.2) is 24.5 Å². The third-order valence-corrected chi connectivity index (χ3v) is 4.19. The lowest BCUT2D eigenvalue weighted by molar-refractivity contribution is 0.0933. The monoisotopic (exact) mass is 296 g/mol. The molecule has 0 aliphatic heterocycles. The fourth-order valence-electron chi connectivity index (χ4n) is 2.95. The van der Waals surface area contributed by atoms with E-state index in [1.165, 1.54) is 11.3 Å². The number of H-pyrrole nitrogens is 1. The summed E-state index contributed by atoms with van der Waals surface area (Å²) in [4.78, 5) is 12.5. The first-order chi connectivity index (χ1) is 10.7. The van der Waals surface area contributed by atoms with Gasteiger partial charge in [0.15, 0.2) is 5.65 Å². The second-order valence-corrected chi connectivity index (χ2v) is 5.68. The molecule has 0 fully saturated rings. The van der Waals surface area contributed by atoms with Crippen molar-refractivity contribution in [1.82, 2.24) is 30.1 Å². The Morgan fingerprint density at radius 1 is 1.41 bits per heavy atom. The van der Waals surface area contributed by atoms with E-state index >= 15 is 0 Å². The normalized spacial score (nSPS) is 17.4. The fourth-order valence-corrected chi connectivity index (χ4v) is 2.95. The SMILES string of the molecule is Cc1nnc2ccc(C(=O)NC3CCc4[nH]ncc4C3)cn12. The molecule has 3 heterocycles. The summed E-state index contributed by atoms with van der Waals surface area (Å²) in [5, 5.41) is 18.2. The summed E-state index contributed by atoms with van der Waals surface area (Å²) in [5.41, 5.74) is 3.75. The van der Waals surface area contributed by atoms with Crippen molar-refractivity contribution in [3.63, 3.8) is 0 Å². The maximum atomic E-state index is 12.5. The van der Waals surface area contributed by atoms with Crippen LogP contribution in [-0.4, -0.2) is 36.7 Å². The van der Waals surface area contributed by atoms with E-state index in [4.69, 9.17) is 0 Å². The molecule has 7 heteroatoms. The van der Waals surface area contributed by atoms with E-state index in [0.29, 0.717) is 5.56 Å². The maximum absolute atomic E-state index is 12.5. The Kier molecular flexibility index (Phi) is 2.92. The van der Waals surface area contributed by atoms with Crippen LogP contribution in [0.3, 0.4) is 0 Å². The number of fused-ring (bicyclic) bond motifs is 2. The van der Waals surface area contributed by atoms with Crippen molar-refractivity contribution in [3.8, 4) is 0 Å². The molecule has 1 unspecified atom stereocenters. The van der Waals surface area contributed by atoms with E-state index < -0.39 is 0 Å². The molecule has 2 N–H and O–H groups in total. The number of carbonyl (C=O) groups excluding carboxylic acids is 1. The molecule has 0 bridgehead atoms.